The predicted octanol–water partition coefficient (Wildman–Crippen LogP) is 3.64. The standard InChI is InChI=1S/C19H17ClO5/c1-23-19(22)15(11-16(21)12-2-5-14(20)6-3-12)13-4-7-17-18(10-13)25-9-8-24-17/h2-7,10,15H,8-9,11H2,1H3. The quantitative estimate of drug-likeness (QED) is 0.601. The van der Waals surface area contributed by atoms with Crippen LogP contribution in [0.5, 0.6) is 11.5 Å². The molecule has 25 heavy (non-hydrogen) atoms. The minimum absolute atomic E-state index is 0.00600. The third-order valence-corrected chi connectivity index (χ3v) is 4.26. The summed E-state index contributed by atoms with van der Waals surface area (Å²) in [6, 6.07) is 11.8. The van der Waals surface area contributed by atoms with Gasteiger partial charge in [0.2, 0.25) is 0 Å². The molecule has 3 rings (SSSR count). The van der Waals surface area contributed by atoms with Crippen LogP contribution in [0.4, 0.5) is 0 Å². The van der Waals surface area contributed by atoms with Gasteiger partial charge >= 0.3 is 5.97 Å². The number of fused-ring (bicyclic) bond motifs is 1. The number of Topliss-reactive ketones (excluding diaryl/α,β-unsaturated/α-hetero) is 1. The van der Waals surface area contributed by atoms with Crippen molar-refractivity contribution in [1.82, 2.24) is 0 Å². The number of ether oxygens (including phenoxy) is 3. The Bertz CT molecular complexity index is 785. The Balaban J connectivity index is 1.86. The van der Waals surface area contributed by atoms with Gasteiger partial charge in [-0.25, -0.2) is 0 Å². The predicted molar refractivity (Wildman–Crippen MR) is 92.6 cm³/mol. The van der Waals surface area contributed by atoms with Crippen LogP contribution in [0, 0.1) is 0 Å². The van der Waals surface area contributed by atoms with Gasteiger partial charge in [0.25, 0.3) is 0 Å². The molecule has 0 fully saturated rings. The number of hydrogen-bond donors (Lipinski definition) is 0. The summed E-state index contributed by atoms with van der Waals surface area (Å²) in [6.07, 6.45) is -0.00600. The summed E-state index contributed by atoms with van der Waals surface area (Å²) in [7, 11) is 1.31. The smallest absolute Gasteiger partial charge is 0.313 e. The Hall–Kier alpha value is -2.53. The number of esters is 1. The van der Waals surface area contributed by atoms with Gasteiger partial charge in [-0.1, -0.05) is 17.7 Å². The molecule has 1 aliphatic heterocycles. The maximum atomic E-state index is 12.5. The highest BCUT2D eigenvalue weighted by Crippen LogP contribution is 2.34. The van der Waals surface area contributed by atoms with Crippen LogP contribution in [-0.4, -0.2) is 32.1 Å². The zero-order valence-corrected chi connectivity index (χ0v) is 14.4. The van der Waals surface area contributed by atoms with Gasteiger partial charge in [-0.05, 0) is 42.0 Å². The largest absolute Gasteiger partial charge is 0.486 e. The fourth-order valence-electron chi connectivity index (χ4n) is 2.70. The van der Waals surface area contributed by atoms with Gasteiger partial charge in [0.15, 0.2) is 17.3 Å². The lowest BCUT2D eigenvalue weighted by atomic mass is 9.91. The fraction of sp³-hybridized carbons (Fsp3) is 0.263. The summed E-state index contributed by atoms with van der Waals surface area (Å²) >= 11 is 5.85. The van der Waals surface area contributed by atoms with E-state index in [1.165, 1.54) is 7.11 Å². The lowest BCUT2D eigenvalue weighted by Crippen LogP contribution is -2.20. The first-order valence-corrected chi connectivity index (χ1v) is 8.22. The summed E-state index contributed by atoms with van der Waals surface area (Å²) in [6.45, 7) is 0.935. The van der Waals surface area contributed by atoms with Crippen LogP contribution < -0.4 is 9.47 Å². The van der Waals surface area contributed by atoms with E-state index in [2.05, 4.69) is 0 Å². The van der Waals surface area contributed by atoms with Crippen LogP contribution in [0.15, 0.2) is 42.5 Å². The van der Waals surface area contributed by atoms with Crippen LogP contribution in [-0.2, 0) is 9.53 Å². The summed E-state index contributed by atoms with van der Waals surface area (Å²) < 4.78 is 15.9. The average molecular weight is 361 g/mol. The number of ketones is 1. The molecule has 1 heterocycles. The maximum absolute atomic E-state index is 12.5. The molecule has 0 spiro atoms. The Labute approximate surface area is 150 Å². The second kappa shape index (κ2) is 7.57. The minimum Gasteiger partial charge on any atom is -0.486 e. The van der Waals surface area contributed by atoms with E-state index in [1.807, 2.05) is 0 Å². The molecule has 0 aliphatic carbocycles. The monoisotopic (exact) mass is 360 g/mol. The fourth-order valence-corrected chi connectivity index (χ4v) is 2.82. The molecule has 0 saturated heterocycles. The first-order chi connectivity index (χ1) is 12.1. The molecular weight excluding hydrogens is 344 g/mol. The number of halogens is 1. The molecule has 0 bridgehead atoms. The molecule has 0 amide bonds. The molecule has 2 aromatic carbocycles. The van der Waals surface area contributed by atoms with Gasteiger partial charge in [-0.2, -0.15) is 0 Å². The van der Waals surface area contributed by atoms with Crippen molar-refractivity contribution < 1.29 is 23.8 Å². The third kappa shape index (κ3) is 3.94. The summed E-state index contributed by atoms with van der Waals surface area (Å²) in [5, 5.41) is 0.549. The topological polar surface area (TPSA) is 61.8 Å². The molecule has 0 radical (unpaired) electrons. The first kappa shape index (κ1) is 17.3. The lowest BCUT2D eigenvalue weighted by molar-refractivity contribution is -0.142. The molecule has 6 heteroatoms. The number of benzene rings is 2. The molecule has 0 aromatic heterocycles. The number of methoxy groups -OCH3 is 1. The van der Waals surface area contributed by atoms with Gasteiger partial charge in [0.05, 0.1) is 13.0 Å². The van der Waals surface area contributed by atoms with E-state index in [0.717, 1.165) is 0 Å². The number of rotatable bonds is 5. The molecule has 1 unspecified atom stereocenters. The number of hydrogen-bond acceptors (Lipinski definition) is 5. The van der Waals surface area contributed by atoms with E-state index in [9.17, 15) is 9.59 Å². The number of carbonyl (C=O) groups is 2. The van der Waals surface area contributed by atoms with Gasteiger partial charge in [0.1, 0.15) is 13.2 Å². The van der Waals surface area contributed by atoms with Crippen molar-refractivity contribution in [2.45, 2.75) is 12.3 Å². The molecule has 0 saturated carbocycles. The molecular formula is C19H17ClO5. The number of carbonyl (C=O) groups excluding carboxylic acids is 2. The second-order valence-corrected chi connectivity index (χ2v) is 6.05. The minimum atomic E-state index is -0.719. The molecule has 130 valence electrons. The summed E-state index contributed by atoms with van der Waals surface area (Å²) in [5.41, 5.74) is 1.15. The van der Waals surface area contributed by atoms with E-state index >= 15 is 0 Å². The molecule has 1 atom stereocenters. The van der Waals surface area contributed by atoms with Gasteiger partial charge in [0, 0.05) is 17.0 Å². The Morgan fingerprint density at radius 1 is 1.08 bits per heavy atom. The van der Waals surface area contributed by atoms with Crippen molar-refractivity contribution in [3.05, 3.63) is 58.6 Å². The second-order valence-electron chi connectivity index (χ2n) is 5.61. The Kier molecular flexibility index (Phi) is 5.24. The molecule has 0 N–H and O–H groups in total. The first-order valence-electron chi connectivity index (χ1n) is 7.84. The SMILES string of the molecule is COC(=O)C(CC(=O)c1ccc(Cl)cc1)c1ccc2c(c1)OCCO2. The van der Waals surface area contributed by atoms with E-state index in [4.69, 9.17) is 25.8 Å². The van der Waals surface area contributed by atoms with Crippen molar-refractivity contribution in [2.24, 2.45) is 0 Å². The van der Waals surface area contributed by atoms with Crippen LogP contribution in [0.25, 0.3) is 0 Å². The highest BCUT2D eigenvalue weighted by atomic mass is 35.5. The molecule has 5 nitrogen and oxygen atoms in total. The highest BCUT2D eigenvalue weighted by Gasteiger charge is 2.27. The Morgan fingerprint density at radius 3 is 2.44 bits per heavy atom. The van der Waals surface area contributed by atoms with E-state index in [0.29, 0.717) is 40.9 Å². The zero-order chi connectivity index (χ0) is 17.8. The van der Waals surface area contributed by atoms with Gasteiger partial charge in [-0.3, -0.25) is 9.59 Å². The van der Waals surface area contributed by atoms with E-state index in [1.54, 1.807) is 42.5 Å². The van der Waals surface area contributed by atoms with Crippen molar-refractivity contribution in [3.8, 4) is 11.5 Å². The zero-order valence-electron chi connectivity index (χ0n) is 13.7. The molecule has 1 aliphatic rings. The van der Waals surface area contributed by atoms with E-state index < -0.39 is 11.9 Å². The lowest BCUT2D eigenvalue weighted by Gasteiger charge is -2.21. The third-order valence-electron chi connectivity index (χ3n) is 4.01. The van der Waals surface area contributed by atoms with Crippen LogP contribution in [0.1, 0.15) is 28.3 Å². The van der Waals surface area contributed by atoms with Gasteiger partial charge in [-0.15, -0.1) is 0 Å². The van der Waals surface area contributed by atoms with Crippen molar-refractivity contribution in [2.75, 3.05) is 20.3 Å². The van der Waals surface area contributed by atoms with Gasteiger partial charge < -0.3 is 14.2 Å². The Morgan fingerprint density at radius 2 is 1.76 bits per heavy atom. The molecule has 2 aromatic rings. The normalized spacial score (nSPS) is 13.8. The summed E-state index contributed by atoms with van der Waals surface area (Å²) in [5.74, 6) is -0.163. The van der Waals surface area contributed by atoms with Crippen LogP contribution in [0.2, 0.25) is 5.02 Å². The van der Waals surface area contributed by atoms with Crippen molar-refractivity contribution in [1.29, 1.82) is 0 Å². The highest BCUT2D eigenvalue weighted by molar-refractivity contribution is 6.30. The van der Waals surface area contributed by atoms with Crippen molar-refractivity contribution >= 4 is 23.4 Å². The maximum Gasteiger partial charge on any atom is 0.313 e. The summed E-state index contributed by atoms with van der Waals surface area (Å²) in [4.78, 5) is 24.8. The van der Waals surface area contributed by atoms with E-state index in [-0.39, 0.29) is 12.2 Å². The van der Waals surface area contributed by atoms with Crippen LogP contribution in [0.3, 0.4) is 0 Å². The van der Waals surface area contributed by atoms with Crippen LogP contribution >= 0.6 is 11.6 Å². The average Bonchev–Trinajstić information content (AvgIpc) is 2.65. The van der Waals surface area contributed by atoms with Crippen molar-refractivity contribution in [3.63, 3.8) is 0 Å².